The molecule has 2 unspecified atom stereocenters. The van der Waals surface area contributed by atoms with E-state index >= 15 is 0 Å². The van der Waals surface area contributed by atoms with E-state index in [1.807, 2.05) is 0 Å². The number of likely N-dealkylation sites (N-methyl/N-ethyl adjacent to an activating group) is 2. The van der Waals surface area contributed by atoms with Crippen LogP contribution in [0.2, 0.25) is 0 Å². The summed E-state index contributed by atoms with van der Waals surface area (Å²) in [6.45, 7) is 11.3. The summed E-state index contributed by atoms with van der Waals surface area (Å²) in [5.41, 5.74) is 0. The predicted octanol–water partition coefficient (Wildman–Crippen LogP) is 0.923. The highest BCUT2D eigenvalue weighted by molar-refractivity contribution is 5.29. The molecule has 1 saturated heterocycles. The third-order valence-corrected chi connectivity index (χ3v) is 3.88. The molecule has 0 spiro atoms. The van der Waals surface area contributed by atoms with E-state index in [-0.39, 0.29) is 5.92 Å². The van der Waals surface area contributed by atoms with Crippen LogP contribution in [0.3, 0.4) is 0 Å². The molecular weight excluding hydrogens is 242 g/mol. The van der Waals surface area contributed by atoms with Crippen molar-refractivity contribution >= 4 is 5.95 Å². The van der Waals surface area contributed by atoms with E-state index in [0.717, 1.165) is 44.6 Å². The van der Waals surface area contributed by atoms with Gasteiger partial charge in [-0.1, -0.05) is 13.8 Å². The van der Waals surface area contributed by atoms with Gasteiger partial charge in [-0.05, 0) is 25.7 Å². The lowest BCUT2D eigenvalue weighted by Gasteiger charge is -2.31. The smallest absolute Gasteiger partial charge is 0.266 e. The van der Waals surface area contributed by atoms with Gasteiger partial charge in [0.15, 0.2) is 0 Å². The van der Waals surface area contributed by atoms with Gasteiger partial charge in [-0.3, -0.25) is 0 Å². The quantitative estimate of drug-likeness (QED) is 0.856. The summed E-state index contributed by atoms with van der Waals surface area (Å²) in [6, 6.07) is 0.339. The molecule has 1 aromatic rings. The van der Waals surface area contributed by atoms with Crippen LogP contribution in [0.15, 0.2) is 4.52 Å². The van der Waals surface area contributed by atoms with Gasteiger partial charge in [-0.25, -0.2) is 0 Å². The highest BCUT2D eigenvalue weighted by Gasteiger charge is 2.23. The summed E-state index contributed by atoms with van der Waals surface area (Å²) in [6.07, 6.45) is 0. The van der Waals surface area contributed by atoms with Gasteiger partial charge in [-0.2, -0.15) is 4.98 Å². The molecule has 108 valence electrons. The molecule has 0 amide bonds. The minimum Gasteiger partial charge on any atom is -0.337 e. The summed E-state index contributed by atoms with van der Waals surface area (Å²) in [4.78, 5) is 9.06. The van der Waals surface area contributed by atoms with Crippen molar-refractivity contribution in [3.63, 3.8) is 0 Å². The summed E-state index contributed by atoms with van der Waals surface area (Å²) >= 11 is 0. The summed E-state index contributed by atoms with van der Waals surface area (Å²) in [5, 5.41) is 7.51. The van der Waals surface area contributed by atoms with Crippen LogP contribution in [0, 0.1) is 0 Å². The molecule has 0 aliphatic carbocycles. The Morgan fingerprint density at radius 3 is 2.58 bits per heavy atom. The van der Waals surface area contributed by atoms with Crippen LogP contribution in [0.4, 0.5) is 5.95 Å². The van der Waals surface area contributed by atoms with Crippen molar-refractivity contribution < 1.29 is 4.52 Å². The number of aromatic nitrogens is 2. The van der Waals surface area contributed by atoms with Crippen molar-refractivity contribution in [3.8, 4) is 0 Å². The summed E-state index contributed by atoms with van der Waals surface area (Å²) in [7, 11) is 2.14. The minimum atomic E-state index is 0.230. The van der Waals surface area contributed by atoms with E-state index < -0.39 is 0 Å². The van der Waals surface area contributed by atoms with E-state index in [1.165, 1.54) is 0 Å². The van der Waals surface area contributed by atoms with Crippen molar-refractivity contribution in [2.24, 2.45) is 0 Å². The van der Waals surface area contributed by atoms with Crippen molar-refractivity contribution in [3.05, 3.63) is 5.89 Å². The first kappa shape index (κ1) is 14.3. The lowest BCUT2D eigenvalue weighted by Crippen LogP contribution is -2.45. The fraction of sp³-hybridized carbons (Fsp3) is 0.846. The molecule has 0 bridgehead atoms. The van der Waals surface area contributed by atoms with Gasteiger partial charge in [0.1, 0.15) is 0 Å². The number of anilines is 1. The summed E-state index contributed by atoms with van der Waals surface area (Å²) < 4.78 is 5.42. The fourth-order valence-corrected chi connectivity index (χ4v) is 2.26. The zero-order valence-electron chi connectivity index (χ0n) is 12.4. The topological polar surface area (TPSA) is 57.4 Å². The molecule has 6 heteroatoms. The molecule has 2 rings (SSSR count). The maximum absolute atomic E-state index is 5.42. The molecule has 0 aromatic carbocycles. The first-order valence-electron chi connectivity index (χ1n) is 7.12. The Bertz CT molecular complexity index is 370. The monoisotopic (exact) mass is 267 g/mol. The third-order valence-electron chi connectivity index (χ3n) is 3.88. The van der Waals surface area contributed by atoms with Crippen molar-refractivity contribution in [1.29, 1.82) is 0 Å². The second-order valence-corrected chi connectivity index (χ2v) is 5.36. The molecule has 1 aliphatic heterocycles. The second kappa shape index (κ2) is 6.34. The number of hydrogen-bond donors (Lipinski definition) is 1. The summed E-state index contributed by atoms with van der Waals surface area (Å²) in [5.74, 6) is 1.69. The van der Waals surface area contributed by atoms with Crippen LogP contribution in [-0.4, -0.2) is 60.9 Å². The zero-order valence-corrected chi connectivity index (χ0v) is 12.4. The number of nitrogens with one attached hydrogen (secondary N) is 1. The molecule has 1 aromatic heterocycles. The molecule has 1 aliphatic rings. The Balaban J connectivity index is 1.98. The molecule has 0 saturated carbocycles. The van der Waals surface area contributed by atoms with Gasteiger partial charge < -0.3 is 19.6 Å². The van der Waals surface area contributed by atoms with Crippen LogP contribution in [0.25, 0.3) is 0 Å². The fourth-order valence-electron chi connectivity index (χ4n) is 2.26. The Kier molecular flexibility index (Phi) is 4.76. The standard InChI is InChI=1S/C13H25N5O/c1-5-14-11(3)10(2)12-15-13(16-19-12)18-8-6-17(4)7-9-18/h10-11,14H,5-9H2,1-4H3. The molecule has 1 N–H and O–H groups in total. The van der Waals surface area contributed by atoms with Gasteiger partial charge in [0.2, 0.25) is 5.89 Å². The number of rotatable bonds is 5. The number of hydrogen-bond acceptors (Lipinski definition) is 6. The minimum absolute atomic E-state index is 0.230. The largest absolute Gasteiger partial charge is 0.337 e. The Labute approximate surface area is 115 Å². The van der Waals surface area contributed by atoms with Crippen LogP contribution >= 0.6 is 0 Å². The predicted molar refractivity (Wildman–Crippen MR) is 75.6 cm³/mol. The highest BCUT2D eigenvalue weighted by Crippen LogP contribution is 2.20. The SMILES string of the molecule is CCNC(C)C(C)c1nc(N2CCN(C)CC2)no1. The van der Waals surface area contributed by atoms with Crippen molar-refractivity contribution in [2.45, 2.75) is 32.7 Å². The molecular formula is C13H25N5O. The number of nitrogens with zero attached hydrogens (tertiary/aromatic N) is 4. The van der Waals surface area contributed by atoms with Crippen LogP contribution in [0.1, 0.15) is 32.6 Å². The first-order valence-corrected chi connectivity index (χ1v) is 7.12. The van der Waals surface area contributed by atoms with E-state index in [4.69, 9.17) is 4.52 Å². The van der Waals surface area contributed by atoms with E-state index in [0.29, 0.717) is 6.04 Å². The zero-order chi connectivity index (χ0) is 13.8. The molecule has 6 nitrogen and oxygen atoms in total. The molecule has 2 heterocycles. The van der Waals surface area contributed by atoms with Gasteiger partial charge in [0.05, 0.1) is 5.92 Å². The average molecular weight is 267 g/mol. The normalized spacial score (nSPS) is 20.5. The van der Waals surface area contributed by atoms with E-state index in [9.17, 15) is 0 Å². The first-order chi connectivity index (χ1) is 9.11. The highest BCUT2D eigenvalue weighted by atomic mass is 16.5. The Morgan fingerprint density at radius 1 is 1.26 bits per heavy atom. The lowest BCUT2D eigenvalue weighted by atomic mass is 10.0. The maximum Gasteiger partial charge on any atom is 0.266 e. The van der Waals surface area contributed by atoms with Gasteiger partial charge >= 0.3 is 0 Å². The third kappa shape index (κ3) is 3.45. The molecule has 19 heavy (non-hydrogen) atoms. The Hall–Kier alpha value is -1.14. The maximum atomic E-state index is 5.42. The molecule has 0 radical (unpaired) electrons. The van der Waals surface area contributed by atoms with Gasteiger partial charge in [-0.15, -0.1) is 0 Å². The number of piperazine rings is 1. The van der Waals surface area contributed by atoms with Crippen LogP contribution < -0.4 is 10.2 Å². The average Bonchev–Trinajstić information content (AvgIpc) is 2.88. The van der Waals surface area contributed by atoms with Gasteiger partial charge in [0, 0.05) is 32.2 Å². The second-order valence-electron chi connectivity index (χ2n) is 5.36. The van der Waals surface area contributed by atoms with Crippen LogP contribution in [0.5, 0.6) is 0 Å². The van der Waals surface area contributed by atoms with Gasteiger partial charge in [0.25, 0.3) is 5.95 Å². The van der Waals surface area contributed by atoms with Crippen molar-refractivity contribution in [2.75, 3.05) is 44.7 Å². The van der Waals surface area contributed by atoms with E-state index in [1.54, 1.807) is 0 Å². The van der Waals surface area contributed by atoms with Crippen LogP contribution in [-0.2, 0) is 0 Å². The Morgan fingerprint density at radius 2 is 1.95 bits per heavy atom. The van der Waals surface area contributed by atoms with Crippen molar-refractivity contribution in [1.82, 2.24) is 20.4 Å². The molecule has 2 atom stereocenters. The molecule has 1 fully saturated rings. The van der Waals surface area contributed by atoms with E-state index in [2.05, 4.69) is 53.1 Å². The lowest BCUT2D eigenvalue weighted by molar-refractivity contribution is 0.307.